The Bertz CT molecular complexity index is 1190. The number of hydrogen-bond acceptors (Lipinski definition) is 8. The van der Waals surface area contributed by atoms with Crippen molar-refractivity contribution < 1.29 is 0 Å². The van der Waals surface area contributed by atoms with Gasteiger partial charge in [0.15, 0.2) is 0 Å². The summed E-state index contributed by atoms with van der Waals surface area (Å²) in [5, 5.41) is 2.12. The van der Waals surface area contributed by atoms with Crippen LogP contribution in [0.1, 0.15) is 16.3 Å². The fraction of sp³-hybridized carbons (Fsp3) is 0.333. The average molecular weight is 406 g/mol. The van der Waals surface area contributed by atoms with E-state index in [4.69, 9.17) is 10.7 Å². The molecule has 1 fully saturated rings. The molecule has 4 aromatic rings. The van der Waals surface area contributed by atoms with Gasteiger partial charge in [-0.3, -0.25) is 4.90 Å². The van der Waals surface area contributed by atoms with E-state index in [9.17, 15) is 0 Å². The van der Waals surface area contributed by atoms with E-state index in [1.165, 1.54) is 15.8 Å². The first-order valence-corrected chi connectivity index (χ1v) is 10.6. The molecule has 3 aromatic heterocycles. The highest BCUT2D eigenvalue weighted by Crippen LogP contribution is 2.34. The molecule has 0 unspecified atom stereocenters. The maximum absolute atomic E-state index is 6.14. The quantitative estimate of drug-likeness (QED) is 0.560. The third-order valence-corrected chi connectivity index (χ3v) is 6.78. The molecule has 0 atom stereocenters. The Morgan fingerprint density at radius 2 is 1.83 bits per heavy atom. The minimum Gasteiger partial charge on any atom is -0.383 e. The van der Waals surface area contributed by atoms with Gasteiger partial charge in [0.2, 0.25) is 0 Å². The topological polar surface area (TPSA) is 84.1 Å². The number of benzene rings is 1. The smallest absolute Gasteiger partial charge is 0.145 e. The van der Waals surface area contributed by atoms with E-state index in [1.807, 2.05) is 24.3 Å². The van der Waals surface area contributed by atoms with Gasteiger partial charge in [0, 0.05) is 36.4 Å². The number of rotatable bonds is 3. The second-order valence-corrected chi connectivity index (χ2v) is 8.67. The summed E-state index contributed by atoms with van der Waals surface area (Å²) >= 11 is 1.74. The van der Waals surface area contributed by atoms with Crippen molar-refractivity contribution in [2.24, 2.45) is 0 Å². The highest BCUT2D eigenvalue weighted by Gasteiger charge is 2.22. The molecule has 0 bridgehead atoms. The number of piperazine rings is 1. The molecule has 5 rings (SSSR count). The van der Waals surface area contributed by atoms with Crippen LogP contribution in [0.2, 0.25) is 0 Å². The van der Waals surface area contributed by atoms with E-state index in [-0.39, 0.29) is 0 Å². The summed E-state index contributed by atoms with van der Waals surface area (Å²) in [7, 11) is 0. The first kappa shape index (κ1) is 18.2. The summed E-state index contributed by atoms with van der Waals surface area (Å²) in [5.41, 5.74) is 8.34. The standard InChI is InChI=1S/C21H23N7S/c1-13-14(2)29-21-18(13)20(23-12-24-21)28-9-7-27(8-10-28)11-17-25-16-6-4-3-5-15(16)19(22)26-17/h3-6,12H,7-11H2,1-2H3,(H2,22,25,26). The Kier molecular flexibility index (Phi) is 4.52. The van der Waals surface area contributed by atoms with Gasteiger partial charge < -0.3 is 10.6 Å². The molecule has 1 aromatic carbocycles. The van der Waals surface area contributed by atoms with Crippen molar-refractivity contribution in [3.05, 3.63) is 46.9 Å². The number of aromatic nitrogens is 4. The summed E-state index contributed by atoms with van der Waals surface area (Å²) in [6.45, 7) is 8.73. The van der Waals surface area contributed by atoms with Gasteiger partial charge in [-0.15, -0.1) is 11.3 Å². The molecule has 1 aliphatic heterocycles. The molecule has 2 N–H and O–H groups in total. The fourth-order valence-corrected chi connectivity index (χ4v) is 4.93. The van der Waals surface area contributed by atoms with Gasteiger partial charge >= 0.3 is 0 Å². The van der Waals surface area contributed by atoms with Crippen LogP contribution < -0.4 is 10.6 Å². The SMILES string of the molecule is Cc1sc2ncnc(N3CCN(Cc4nc(N)c5ccccc5n4)CC3)c2c1C. The zero-order valence-electron chi connectivity index (χ0n) is 16.6. The predicted octanol–water partition coefficient (Wildman–Crippen LogP) is 3.16. The Morgan fingerprint density at radius 1 is 1.03 bits per heavy atom. The number of thiophene rings is 1. The van der Waals surface area contributed by atoms with Crippen LogP contribution in [0.15, 0.2) is 30.6 Å². The lowest BCUT2D eigenvalue weighted by molar-refractivity contribution is 0.244. The van der Waals surface area contributed by atoms with Crippen molar-refractivity contribution in [1.82, 2.24) is 24.8 Å². The van der Waals surface area contributed by atoms with Crippen molar-refractivity contribution in [1.29, 1.82) is 0 Å². The van der Waals surface area contributed by atoms with Crippen LogP contribution in [0, 0.1) is 13.8 Å². The van der Waals surface area contributed by atoms with Crippen molar-refractivity contribution in [2.45, 2.75) is 20.4 Å². The number of aryl methyl sites for hydroxylation is 2. The van der Waals surface area contributed by atoms with Crippen molar-refractivity contribution >= 4 is 44.1 Å². The predicted molar refractivity (Wildman–Crippen MR) is 118 cm³/mol. The van der Waals surface area contributed by atoms with Gasteiger partial charge in [0.1, 0.15) is 28.6 Å². The third kappa shape index (κ3) is 3.28. The second kappa shape index (κ2) is 7.20. The number of nitrogens with two attached hydrogens (primary N) is 1. The van der Waals surface area contributed by atoms with Crippen LogP contribution in [0.5, 0.6) is 0 Å². The molecule has 4 heterocycles. The van der Waals surface area contributed by atoms with Gasteiger partial charge in [-0.25, -0.2) is 19.9 Å². The van der Waals surface area contributed by atoms with Gasteiger partial charge in [-0.05, 0) is 31.5 Å². The summed E-state index contributed by atoms with van der Waals surface area (Å²) in [6, 6.07) is 7.89. The highest BCUT2D eigenvalue weighted by molar-refractivity contribution is 7.18. The molecule has 0 amide bonds. The maximum atomic E-state index is 6.14. The molecule has 0 aliphatic carbocycles. The summed E-state index contributed by atoms with van der Waals surface area (Å²) in [5.74, 6) is 2.39. The van der Waals surface area contributed by atoms with E-state index in [1.54, 1.807) is 17.7 Å². The van der Waals surface area contributed by atoms with Crippen LogP contribution in [-0.2, 0) is 6.54 Å². The molecule has 29 heavy (non-hydrogen) atoms. The Labute approximate surface area is 173 Å². The second-order valence-electron chi connectivity index (χ2n) is 7.47. The number of nitrogen functional groups attached to an aromatic ring is 1. The largest absolute Gasteiger partial charge is 0.383 e. The van der Waals surface area contributed by atoms with Crippen LogP contribution in [0.3, 0.4) is 0 Å². The average Bonchev–Trinajstić information content (AvgIpc) is 3.03. The minimum absolute atomic E-state index is 0.552. The molecule has 0 saturated carbocycles. The number of nitrogens with zero attached hydrogens (tertiary/aromatic N) is 6. The van der Waals surface area contributed by atoms with E-state index in [0.717, 1.165) is 53.6 Å². The number of fused-ring (bicyclic) bond motifs is 2. The monoisotopic (exact) mass is 405 g/mol. The first-order valence-electron chi connectivity index (χ1n) is 9.79. The van der Waals surface area contributed by atoms with Crippen LogP contribution in [-0.4, -0.2) is 51.0 Å². The molecular weight excluding hydrogens is 382 g/mol. The van der Waals surface area contributed by atoms with Crippen LogP contribution in [0.4, 0.5) is 11.6 Å². The Hall–Kier alpha value is -2.84. The molecule has 8 heteroatoms. The maximum Gasteiger partial charge on any atom is 0.145 e. The molecule has 148 valence electrons. The molecule has 1 saturated heterocycles. The summed E-state index contributed by atoms with van der Waals surface area (Å²) < 4.78 is 0. The van der Waals surface area contributed by atoms with Gasteiger partial charge in [-0.2, -0.15) is 0 Å². The van der Waals surface area contributed by atoms with Crippen molar-refractivity contribution in [3.8, 4) is 0 Å². The highest BCUT2D eigenvalue weighted by atomic mass is 32.1. The van der Waals surface area contributed by atoms with Gasteiger partial charge in [0.05, 0.1) is 17.4 Å². The summed E-state index contributed by atoms with van der Waals surface area (Å²) in [4.78, 5) is 25.4. The lowest BCUT2D eigenvalue weighted by Gasteiger charge is -2.35. The molecule has 7 nitrogen and oxygen atoms in total. The lowest BCUT2D eigenvalue weighted by atomic mass is 10.2. The number of para-hydroxylation sites is 1. The van der Waals surface area contributed by atoms with Gasteiger partial charge in [-0.1, -0.05) is 12.1 Å². The van der Waals surface area contributed by atoms with E-state index in [2.05, 4.69) is 38.6 Å². The first-order chi connectivity index (χ1) is 14.1. The molecule has 0 radical (unpaired) electrons. The lowest BCUT2D eigenvalue weighted by Crippen LogP contribution is -2.46. The summed E-state index contributed by atoms with van der Waals surface area (Å²) in [6.07, 6.45) is 1.69. The third-order valence-electron chi connectivity index (χ3n) is 5.66. The Morgan fingerprint density at radius 3 is 2.66 bits per heavy atom. The number of anilines is 2. The molecule has 1 aliphatic rings. The van der Waals surface area contributed by atoms with Gasteiger partial charge in [0.25, 0.3) is 0 Å². The van der Waals surface area contributed by atoms with E-state index < -0.39 is 0 Å². The van der Waals surface area contributed by atoms with Crippen LogP contribution >= 0.6 is 11.3 Å². The zero-order valence-corrected chi connectivity index (χ0v) is 17.4. The minimum atomic E-state index is 0.552. The van der Waals surface area contributed by atoms with Crippen molar-refractivity contribution in [2.75, 3.05) is 36.8 Å². The number of hydrogen-bond donors (Lipinski definition) is 1. The molecule has 0 spiro atoms. The Balaban J connectivity index is 1.33. The zero-order chi connectivity index (χ0) is 20.0. The normalized spacial score (nSPS) is 15.4. The van der Waals surface area contributed by atoms with E-state index >= 15 is 0 Å². The molecular formula is C21H23N7S. The van der Waals surface area contributed by atoms with Crippen LogP contribution in [0.25, 0.3) is 21.1 Å². The van der Waals surface area contributed by atoms with E-state index in [0.29, 0.717) is 12.4 Å². The fourth-order valence-electron chi connectivity index (χ4n) is 3.94. The van der Waals surface area contributed by atoms with Crippen molar-refractivity contribution in [3.63, 3.8) is 0 Å².